The van der Waals surface area contributed by atoms with Gasteiger partial charge in [-0.2, -0.15) is 0 Å². The Kier molecular flexibility index (Phi) is 5.33. The quantitative estimate of drug-likeness (QED) is 0.488. The van der Waals surface area contributed by atoms with Crippen molar-refractivity contribution in [2.75, 3.05) is 19.0 Å². The number of nitrogens with one attached hydrogen (secondary N) is 1. The standard InChI is InChI=1S/C23H19F2N3O/c1-29-17-9-6-15(7-10-17)12-13-26-22-19-4-2-3-5-21(19)27-23(28-22)18-11-8-16(24)14-20(18)25/h2-11,14H,12-13H2,1H3,(H,26,27,28). The number of fused-ring (bicyclic) bond motifs is 1. The van der Waals surface area contributed by atoms with Crippen molar-refractivity contribution in [3.8, 4) is 17.1 Å². The number of halogens is 2. The van der Waals surface area contributed by atoms with Crippen molar-refractivity contribution in [3.05, 3.63) is 83.9 Å². The first kappa shape index (κ1) is 18.8. The zero-order valence-corrected chi connectivity index (χ0v) is 15.8. The third-order valence-electron chi connectivity index (χ3n) is 4.64. The summed E-state index contributed by atoms with van der Waals surface area (Å²) in [6, 6.07) is 18.8. The summed E-state index contributed by atoms with van der Waals surface area (Å²) in [6.07, 6.45) is 0.780. The van der Waals surface area contributed by atoms with E-state index in [4.69, 9.17) is 4.74 Å². The number of rotatable bonds is 6. The fourth-order valence-corrected chi connectivity index (χ4v) is 3.12. The molecule has 0 saturated heterocycles. The molecule has 1 heterocycles. The van der Waals surface area contributed by atoms with Gasteiger partial charge in [-0.25, -0.2) is 18.7 Å². The summed E-state index contributed by atoms with van der Waals surface area (Å²) in [6.45, 7) is 0.638. The Morgan fingerprint density at radius 3 is 2.48 bits per heavy atom. The molecule has 146 valence electrons. The molecule has 1 N–H and O–H groups in total. The molecule has 29 heavy (non-hydrogen) atoms. The second kappa shape index (κ2) is 8.22. The number of nitrogens with zero attached hydrogens (tertiary/aromatic N) is 2. The molecular weight excluding hydrogens is 372 g/mol. The van der Waals surface area contributed by atoms with Crippen LogP contribution in [-0.2, 0) is 6.42 Å². The number of benzene rings is 3. The molecule has 0 bridgehead atoms. The third kappa shape index (κ3) is 4.16. The Balaban J connectivity index is 1.62. The van der Waals surface area contributed by atoms with E-state index < -0.39 is 11.6 Å². The zero-order chi connectivity index (χ0) is 20.2. The van der Waals surface area contributed by atoms with Gasteiger partial charge in [0.15, 0.2) is 5.82 Å². The molecule has 0 spiro atoms. The summed E-state index contributed by atoms with van der Waals surface area (Å²) in [7, 11) is 1.64. The van der Waals surface area contributed by atoms with Crippen LogP contribution in [0.1, 0.15) is 5.56 Å². The summed E-state index contributed by atoms with van der Waals surface area (Å²) in [4.78, 5) is 8.97. The minimum atomic E-state index is -0.690. The molecule has 1 aromatic heterocycles. The molecule has 0 radical (unpaired) electrons. The number of hydrogen-bond acceptors (Lipinski definition) is 4. The molecule has 4 aromatic rings. The Bertz CT molecular complexity index is 1150. The summed E-state index contributed by atoms with van der Waals surface area (Å²) in [5.41, 5.74) is 2.00. The van der Waals surface area contributed by atoms with Crippen LogP contribution < -0.4 is 10.1 Å². The van der Waals surface area contributed by atoms with Crippen molar-refractivity contribution in [1.82, 2.24) is 9.97 Å². The first-order chi connectivity index (χ1) is 14.1. The van der Waals surface area contributed by atoms with Gasteiger partial charge < -0.3 is 10.1 Å². The monoisotopic (exact) mass is 391 g/mol. The van der Waals surface area contributed by atoms with Crippen molar-refractivity contribution in [2.45, 2.75) is 6.42 Å². The average molecular weight is 391 g/mol. The highest BCUT2D eigenvalue weighted by atomic mass is 19.1. The smallest absolute Gasteiger partial charge is 0.165 e. The van der Waals surface area contributed by atoms with Crippen LogP contribution in [0.5, 0.6) is 5.75 Å². The maximum atomic E-state index is 14.3. The molecule has 0 amide bonds. The maximum absolute atomic E-state index is 14.3. The van der Waals surface area contributed by atoms with Gasteiger partial charge in [0.2, 0.25) is 0 Å². The number of ether oxygens (including phenoxy) is 1. The van der Waals surface area contributed by atoms with Crippen LogP contribution in [0, 0.1) is 11.6 Å². The molecule has 0 aliphatic carbocycles. The Morgan fingerprint density at radius 2 is 1.72 bits per heavy atom. The minimum Gasteiger partial charge on any atom is -0.497 e. The Labute approximate surface area is 167 Å². The van der Waals surface area contributed by atoms with Crippen molar-refractivity contribution in [1.29, 1.82) is 0 Å². The van der Waals surface area contributed by atoms with Crippen molar-refractivity contribution < 1.29 is 13.5 Å². The zero-order valence-electron chi connectivity index (χ0n) is 15.8. The van der Waals surface area contributed by atoms with E-state index in [0.29, 0.717) is 17.9 Å². The van der Waals surface area contributed by atoms with Crippen LogP contribution >= 0.6 is 0 Å². The number of methoxy groups -OCH3 is 1. The lowest BCUT2D eigenvalue weighted by Gasteiger charge is -2.12. The van der Waals surface area contributed by atoms with Gasteiger partial charge in [0.1, 0.15) is 23.2 Å². The van der Waals surface area contributed by atoms with Crippen LogP contribution in [0.25, 0.3) is 22.3 Å². The topological polar surface area (TPSA) is 47.0 Å². The van der Waals surface area contributed by atoms with E-state index in [1.165, 1.54) is 12.1 Å². The van der Waals surface area contributed by atoms with Crippen LogP contribution in [0.3, 0.4) is 0 Å². The van der Waals surface area contributed by atoms with E-state index in [0.717, 1.165) is 29.2 Å². The first-order valence-electron chi connectivity index (χ1n) is 9.23. The lowest BCUT2D eigenvalue weighted by atomic mass is 10.1. The van der Waals surface area contributed by atoms with E-state index in [1.807, 2.05) is 48.5 Å². The molecule has 0 unspecified atom stereocenters. The molecule has 4 nitrogen and oxygen atoms in total. The van der Waals surface area contributed by atoms with Gasteiger partial charge in [-0.05, 0) is 48.4 Å². The first-order valence-corrected chi connectivity index (χ1v) is 9.23. The molecule has 0 saturated carbocycles. The van der Waals surface area contributed by atoms with Crippen molar-refractivity contribution >= 4 is 16.7 Å². The number of anilines is 1. The maximum Gasteiger partial charge on any atom is 0.165 e. The number of aromatic nitrogens is 2. The van der Waals surface area contributed by atoms with E-state index in [2.05, 4.69) is 15.3 Å². The van der Waals surface area contributed by atoms with Crippen LogP contribution in [0.2, 0.25) is 0 Å². The van der Waals surface area contributed by atoms with Crippen LogP contribution in [-0.4, -0.2) is 23.6 Å². The molecule has 0 fully saturated rings. The lowest BCUT2D eigenvalue weighted by molar-refractivity contribution is 0.414. The van der Waals surface area contributed by atoms with Gasteiger partial charge in [0.25, 0.3) is 0 Å². The normalized spacial score (nSPS) is 10.9. The van der Waals surface area contributed by atoms with Gasteiger partial charge in [-0.3, -0.25) is 0 Å². The van der Waals surface area contributed by atoms with E-state index in [9.17, 15) is 8.78 Å². The molecule has 0 aliphatic rings. The largest absolute Gasteiger partial charge is 0.497 e. The summed E-state index contributed by atoms with van der Waals surface area (Å²) in [5.74, 6) is 0.319. The predicted octanol–water partition coefficient (Wildman–Crippen LogP) is 5.24. The number of hydrogen-bond donors (Lipinski definition) is 1. The van der Waals surface area contributed by atoms with E-state index in [1.54, 1.807) is 7.11 Å². The van der Waals surface area contributed by atoms with Gasteiger partial charge >= 0.3 is 0 Å². The van der Waals surface area contributed by atoms with Crippen LogP contribution in [0.4, 0.5) is 14.6 Å². The van der Waals surface area contributed by atoms with Crippen LogP contribution in [0.15, 0.2) is 66.7 Å². The predicted molar refractivity (Wildman–Crippen MR) is 110 cm³/mol. The van der Waals surface area contributed by atoms with E-state index in [-0.39, 0.29) is 11.4 Å². The molecular formula is C23H19F2N3O. The van der Waals surface area contributed by atoms with Crippen molar-refractivity contribution in [2.24, 2.45) is 0 Å². The second-order valence-corrected chi connectivity index (χ2v) is 6.56. The van der Waals surface area contributed by atoms with Gasteiger partial charge in [-0.1, -0.05) is 24.3 Å². The average Bonchev–Trinajstić information content (AvgIpc) is 2.74. The molecule has 0 atom stereocenters. The highest BCUT2D eigenvalue weighted by Gasteiger charge is 2.13. The van der Waals surface area contributed by atoms with Gasteiger partial charge in [-0.15, -0.1) is 0 Å². The molecule has 6 heteroatoms. The second-order valence-electron chi connectivity index (χ2n) is 6.56. The fraction of sp³-hybridized carbons (Fsp3) is 0.130. The molecule has 0 aliphatic heterocycles. The SMILES string of the molecule is COc1ccc(CCNc2nc(-c3ccc(F)cc3F)nc3ccccc23)cc1. The summed E-state index contributed by atoms with van der Waals surface area (Å²) >= 11 is 0. The highest BCUT2D eigenvalue weighted by Crippen LogP contribution is 2.27. The lowest BCUT2D eigenvalue weighted by Crippen LogP contribution is -2.08. The van der Waals surface area contributed by atoms with Gasteiger partial charge in [0.05, 0.1) is 18.2 Å². The minimum absolute atomic E-state index is 0.162. The summed E-state index contributed by atoms with van der Waals surface area (Å²) < 4.78 is 32.7. The van der Waals surface area contributed by atoms with Gasteiger partial charge in [0, 0.05) is 18.0 Å². The highest BCUT2D eigenvalue weighted by molar-refractivity contribution is 5.90. The Morgan fingerprint density at radius 1 is 0.931 bits per heavy atom. The molecule has 4 rings (SSSR count). The van der Waals surface area contributed by atoms with E-state index >= 15 is 0 Å². The van der Waals surface area contributed by atoms with Crippen molar-refractivity contribution in [3.63, 3.8) is 0 Å². The summed E-state index contributed by atoms with van der Waals surface area (Å²) in [5, 5.41) is 4.17. The fourth-order valence-electron chi connectivity index (χ4n) is 3.12. The number of para-hydroxylation sites is 1. The molecule has 3 aromatic carbocycles. The third-order valence-corrected chi connectivity index (χ3v) is 4.64. The Hall–Kier alpha value is -3.54.